The zero-order chi connectivity index (χ0) is 18.8. The first-order valence-electron chi connectivity index (χ1n) is 9.45. The molecule has 2 N–H and O–H groups in total. The number of ether oxygens (including phenoxy) is 1. The Kier molecular flexibility index (Phi) is 8.64. The number of nitrogens with zero attached hydrogens (tertiary/aromatic N) is 3. The lowest BCUT2D eigenvalue weighted by Crippen LogP contribution is -2.44. The van der Waals surface area contributed by atoms with Crippen LogP contribution in [-0.4, -0.2) is 70.4 Å². The van der Waals surface area contributed by atoms with Gasteiger partial charge in [0.1, 0.15) is 5.82 Å². The van der Waals surface area contributed by atoms with Gasteiger partial charge in [0.05, 0.1) is 18.9 Å². The Labute approximate surface area is 156 Å². The predicted octanol–water partition coefficient (Wildman–Crippen LogP) is 1.67. The summed E-state index contributed by atoms with van der Waals surface area (Å²) >= 11 is 0. The molecule has 0 atom stereocenters. The number of rotatable bonds is 8. The minimum Gasteiger partial charge on any atom is -0.379 e. The summed E-state index contributed by atoms with van der Waals surface area (Å²) in [6.07, 6.45) is 0. The van der Waals surface area contributed by atoms with Gasteiger partial charge in [0.25, 0.3) is 0 Å². The van der Waals surface area contributed by atoms with Gasteiger partial charge in [0.2, 0.25) is 0 Å². The molecule has 0 radical (unpaired) electrons. The van der Waals surface area contributed by atoms with Crippen LogP contribution in [0.25, 0.3) is 0 Å². The van der Waals surface area contributed by atoms with E-state index < -0.39 is 0 Å². The van der Waals surface area contributed by atoms with Crippen molar-refractivity contribution >= 4 is 11.6 Å². The molecule has 1 aliphatic heterocycles. The fourth-order valence-electron chi connectivity index (χ4n) is 3.04. The Balaban J connectivity index is 1.79. The number of hydrogen-bond acceptors (Lipinski definition) is 4. The molecule has 0 aromatic heterocycles. The molecule has 0 unspecified atom stereocenters. The summed E-state index contributed by atoms with van der Waals surface area (Å²) in [7, 11) is 1.74. The van der Waals surface area contributed by atoms with Crippen LogP contribution < -0.4 is 15.5 Å². The van der Waals surface area contributed by atoms with E-state index in [1.165, 1.54) is 0 Å². The van der Waals surface area contributed by atoms with Crippen LogP contribution in [-0.2, 0) is 11.3 Å². The van der Waals surface area contributed by atoms with Gasteiger partial charge in [-0.3, -0.25) is 9.89 Å². The van der Waals surface area contributed by atoms with Crippen molar-refractivity contribution in [2.45, 2.75) is 20.4 Å². The summed E-state index contributed by atoms with van der Waals surface area (Å²) in [4.78, 5) is 8.61. The summed E-state index contributed by atoms with van der Waals surface area (Å²) < 4.78 is 19.7. The minimum absolute atomic E-state index is 0.178. The maximum Gasteiger partial charge on any atom is 0.191 e. The normalized spacial score (nSPS) is 15.8. The molecule has 0 aliphatic carbocycles. The average molecular weight is 365 g/mol. The molecule has 1 aromatic carbocycles. The molecule has 6 nitrogen and oxygen atoms in total. The van der Waals surface area contributed by atoms with E-state index in [-0.39, 0.29) is 5.82 Å². The van der Waals surface area contributed by atoms with E-state index in [4.69, 9.17) is 4.74 Å². The average Bonchev–Trinajstić information content (AvgIpc) is 2.67. The summed E-state index contributed by atoms with van der Waals surface area (Å²) in [6.45, 7) is 11.5. The zero-order valence-corrected chi connectivity index (χ0v) is 16.2. The largest absolute Gasteiger partial charge is 0.379 e. The molecule has 0 saturated carbocycles. The van der Waals surface area contributed by atoms with E-state index in [9.17, 15) is 4.39 Å². The van der Waals surface area contributed by atoms with Crippen molar-refractivity contribution in [3.05, 3.63) is 29.6 Å². The van der Waals surface area contributed by atoms with Crippen LogP contribution in [0.5, 0.6) is 0 Å². The van der Waals surface area contributed by atoms with Gasteiger partial charge in [-0.15, -0.1) is 0 Å². The zero-order valence-electron chi connectivity index (χ0n) is 16.2. The Morgan fingerprint density at radius 2 is 1.96 bits per heavy atom. The molecule has 0 amide bonds. The van der Waals surface area contributed by atoms with Gasteiger partial charge in [-0.2, -0.15) is 0 Å². The first-order chi connectivity index (χ1) is 12.7. The van der Waals surface area contributed by atoms with E-state index in [1.807, 2.05) is 30.9 Å². The molecule has 1 aliphatic rings. The topological polar surface area (TPSA) is 52.1 Å². The maximum absolute atomic E-state index is 14.4. The van der Waals surface area contributed by atoms with Gasteiger partial charge < -0.3 is 20.3 Å². The molecule has 1 heterocycles. The summed E-state index contributed by atoms with van der Waals surface area (Å²) in [6, 6.07) is 5.42. The van der Waals surface area contributed by atoms with Crippen LogP contribution in [0.1, 0.15) is 19.4 Å². The van der Waals surface area contributed by atoms with Crippen LogP contribution in [0, 0.1) is 5.82 Å². The number of guanidine groups is 1. The van der Waals surface area contributed by atoms with Crippen LogP contribution >= 0.6 is 0 Å². The number of hydrogen-bond donors (Lipinski definition) is 2. The second kappa shape index (κ2) is 11.0. The van der Waals surface area contributed by atoms with E-state index in [0.29, 0.717) is 12.2 Å². The second-order valence-electron chi connectivity index (χ2n) is 6.26. The molecule has 2 rings (SSSR count). The van der Waals surface area contributed by atoms with E-state index in [2.05, 4.69) is 20.5 Å². The van der Waals surface area contributed by atoms with Gasteiger partial charge in [-0.1, -0.05) is 6.07 Å². The number of morpholine rings is 1. The highest BCUT2D eigenvalue weighted by Crippen LogP contribution is 2.20. The summed E-state index contributed by atoms with van der Waals surface area (Å²) in [5, 5.41) is 6.55. The van der Waals surface area contributed by atoms with Crippen molar-refractivity contribution in [2.24, 2.45) is 4.99 Å². The predicted molar refractivity (Wildman–Crippen MR) is 105 cm³/mol. The molecule has 0 spiro atoms. The Morgan fingerprint density at radius 1 is 1.23 bits per heavy atom. The van der Waals surface area contributed by atoms with Crippen molar-refractivity contribution in [3.63, 3.8) is 0 Å². The molecule has 146 valence electrons. The molecule has 26 heavy (non-hydrogen) atoms. The second-order valence-corrected chi connectivity index (χ2v) is 6.26. The minimum atomic E-state index is -0.178. The Hall–Kier alpha value is -1.86. The first-order valence-corrected chi connectivity index (χ1v) is 9.45. The molecule has 0 bridgehead atoms. The number of anilines is 1. The van der Waals surface area contributed by atoms with Crippen molar-refractivity contribution in [1.82, 2.24) is 15.5 Å². The highest BCUT2D eigenvalue weighted by atomic mass is 19.1. The summed E-state index contributed by atoms with van der Waals surface area (Å²) in [5.74, 6) is 0.551. The number of aliphatic imine (C=N–C) groups is 1. The lowest BCUT2D eigenvalue weighted by atomic mass is 10.2. The third-order valence-corrected chi connectivity index (χ3v) is 4.62. The Morgan fingerprint density at radius 3 is 2.58 bits per heavy atom. The highest BCUT2D eigenvalue weighted by Gasteiger charge is 2.11. The van der Waals surface area contributed by atoms with Crippen LogP contribution in [0.3, 0.4) is 0 Å². The quantitative estimate of drug-likeness (QED) is 0.542. The molecule has 1 aromatic rings. The smallest absolute Gasteiger partial charge is 0.191 e. The molecular weight excluding hydrogens is 333 g/mol. The number of nitrogens with one attached hydrogen (secondary N) is 2. The lowest BCUT2D eigenvalue weighted by molar-refractivity contribution is 0.0389. The highest BCUT2D eigenvalue weighted by molar-refractivity contribution is 5.79. The van der Waals surface area contributed by atoms with Crippen molar-refractivity contribution in [2.75, 3.05) is 64.4 Å². The Bertz CT molecular complexity index is 571. The monoisotopic (exact) mass is 365 g/mol. The third kappa shape index (κ3) is 6.14. The fraction of sp³-hybridized carbons (Fsp3) is 0.632. The van der Waals surface area contributed by atoms with Crippen LogP contribution in [0.15, 0.2) is 23.2 Å². The third-order valence-electron chi connectivity index (χ3n) is 4.62. The van der Waals surface area contributed by atoms with E-state index >= 15 is 0 Å². The van der Waals surface area contributed by atoms with Gasteiger partial charge in [-0.25, -0.2) is 4.39 Å². The van der Waals surface area contributed by atoms with Crippen molar-refractivity contribution in [3.8, 4) is 0 Å². The fourth-order valence-corrected chi connectivity index (χ4v) is 3.04. The molecule has 1 saturated heterocycles. The molecular formula is C19H32FN5O. The lowest BCUT2D eigenvalue weighted by Gasteiger charge is -2.26. The van der Waals surface area contributed by atoms with Crippen molar-refractivity contribution in [1.29, 1.82) is 0 Å². The molecule has 1 fully saturated rings. The van der Waals surface area contributed by atoms with Gasteiger partial charge >= 0.3 is 0 Å². The van der Waals surface area contributed by atoms with Gasteiger partial charge in [0, 0.05) is 52.9 Å². The van der Waals surface area contributed by atoms with Crippen molar-refractivity contribution < 1.29 is 9.13 Å². The van der Waals surface area contributed by atoms with E-state index in [0.717, 1.165) is 64.0 Å². The molecule has 7 heteroatoms. The maximum atomic E-state index is 14.4. The van der Waals surface area contributed by atoms with Gasteiger partial charge in [0.15, 0.2) is 5.96 Å². The standard InChI is InChI=1S/C19H32FN5O/c1-4-25(5-2)18-7-6-16(14-17(18)20)15-23-19(21-3)22-8-9-24-10-12-26-13-11-24/h6-7,14H,4-5,8-13,15H2,1-3H3,(H2,21,22,23). The first kappa shape index (κ1) is 20.5. The van der Waals surface area contributed by atoms with Crippen LogP contribution in [0.4, 0.5) is 10.1 Å². The SMILES string of the molecule is CCN(CC)c1ccc(CNC(=NC)NCCN2CCOCC2)cc1F. The van der Waals surface area contributed by atoms with E-state index in [1.54, 1.807) is 13.1 Å². The van der Waals surface area contributed by atoms with Crippen LogP contribution in [0.2, 0.25) is 0 Å². The van der Waals surface area contributed by atoms with Gasteiger partial charge in [-0.05, 0) is 31.5 Å². The number of benzene rings is 1. The number of halogens is 1. The summed E-state index contributed by atoms with van der Waals surface area (Å²) in [5.41, 5.74) is 1.56.